The molecule has 1 aliphatic carbocycles. The summed E-state index contributed by atoms with van der Waals surface area (Å²) in [7, 11) is 0. The largest absolute Gasteiger partial charge is 0.480 e. The Balaban J connectivity index is 2.49. The molecule has 0 aromatic rings. The maximum Gasteiger partial charge on any atom is 0.317 e. The Morgan fingerprint density at radius 1 is 1.47 bits per heavy atom. The van der Waals surface area contributed by atoms with Crippen LogP contribution in [-0.4, -0.2) is 35.1 Å². The van der Waals surface area contributed by atoms with Gasteiger partial charge in [0.2, 0.25) is 0 Å². The van der Waals surface area contributed by atoms with Gasteiger partial charge in [-0.2, -0.15) is 0 Å². The molecule has 88 valence electrons. The number of hydrogen-bond donors (Lipinski definition) is 1. The van der Waals surface area contributed by atoms with E-state index in [0.29, 0.717) is 6.04 Å². The van der Waals surface area contributed by atoms with Gasteiger partial charge in [0, 0.05) is 6.04 Å². The second kappa shape index (κ2) is 6.11. The average Bonchev–Trinajstić information content (AvgIpc) is 2.16. The van der Waals surface area contributed by atoms with E-state index >= 15 is 0 Å². The molecule has 1 rings (SSSR count). The van der Waals surface area contributed by atoms with Crippen molar-refractivity contribution in [1.82, 2.24) is 4.90 Å². The van der Waals surface area contributed by atoms with E-state index < -0.39 is 5.97 Å². The molecule has 3 nitrogen and oxygen atoms in total. The van der Waals surface area contributed by atoms with Crippen molar-refractivity contribution in [3.8, 4) is 0 Å². The number of carboxylic acids is 1. The molecule has 0 radical (unpaired) electrons. The van der Waals surface area contributed by atoms with Crippen LogP contribution in [0.25, 0.3) is 0 Å². The van der Waals surface area contributed by atoms with Crippen molar-refractivity contribution in [3.05, 3.63) is 0 Å². The molecule has 0 heterocycles. The van der Waals surface area contributed by atoms with E-state index in [0.717, 1.165) is 18.9 Å². The Kier molecular flexibility index (Phi) is 5.09. The van der Waals surface area contributed by atoms with Crippen molar-refractivity contribution in [2.45, 2.75) is 52.0 Å². The molecule has 3 heteroatoms. The third-order valence-corrected chi connectivity index (χ3v) is 3.27. The lowest BCUT2D eigenvalue weighted by Crippen LogP contribution is -2.42. The van der Waals surface area contributed by atoms with Gasteiger partial charge in [-0.15, -0.1) is 0 Å². The second-order valence-corrected chi connectivity index (χ2v) is 4.79. The van der Waals surface area contributed by atoms with Crippen LogP contribution in [0, 0.1) is 5.92 Å². The van der Waals surface area contributed by atoms with Crippen molar-refractivity contribution in [2.24, 2.45) is 5.92 Å². The van der Waals surface area contributed by atoms with Crippen LogP contribution in [0.2, 0.25) is 0 Å². The molecule has 1 fully saturated rings. The Hall–Kier alpha value is -0.570. The van der Waals surface area contributed by atoms with E-state index in [1.54, 1.807) is 0 Å². The maximum absolute atomic E-state index is 10.8. The van der Waals surface area contributed by atoms with Crippen LogP contribution in [0.5, 0.6) is 0 Å². The zero-order valence-electron chi connectivity index (χ0n) is 9.91. The van der Waals surface area contributed by atoms with Gasteiger partial charge in [-0.1, -0.05) is 26.7 Å². The van der Waals surface area contributed by atoms with Crippen LogP contribution in [-0.2, 0) is 4.79 Å². The second-order valence-electron chi connectivity index (χ2n) is 4.79. The summed E-state index contributed by atoms with van der Waals surface area (Å²) < 4.78 is 0. The first kappa shape index (κ1) is 12.5. The predicted molar refractivity (Wildman–Crippen MR) is 60.9 cm³/mol. The summed E-state index contributed by atoms with van der Waals surface area (Å²) >= 11 is 0. The van der Waals surface area contributed by atoms with Crippen molar-refractivity contribution in [2.75, 3.05) is 13.1 Å². The quantitative estimate of drug-likeness (QED) is 0.762. The van der Waals surface area contributed by atoms with Gasteiger partial charge in [-0.05, 0) is 31.7 Å². The van der Waals surface area contributed by atoms with Gasteiger partial charge >= 0.3 is 5.97 Å². The van der Waals surface area contributed by atoms with E-state index in [4.69, 9.17) is 5.11 Å². The van der Waals surface area contributed by atoms with Gasteiger partial charge in [-0.3, -0.25) is 9.69 Å². The normalized spacial score (nSPS) is 26.9. The highest BCUT2D eigenvalue weighted by Crippen LogP contribution is 2.27. The van der Waals surface area contributed by atoms with E-state index in [2.05, 4.69) is 18.7 Å². The minimum Gasteiger partial charge on any atom is -0.480 e. The summed E-state index contributed by atoms with van der Waals surface area (Å²) in [6.45, 7) is 5.52. The van der Waals surface area contributed by atoms with Crippen LogP contribution in [0.15, 0.2) is 0 Å². The van der Waals surface area contributed by atoms with Crippen molar-refractivity contribution in [3.63, 3.8) is 0 Å². The molecule has 1 aliphatic rings. The minimum absolute atomic E-state index is 0.214. The van der Waals surface area contributed by atoms with Crippen LogP contribution in [0.4, 0.5) is 0 Å². The lowest BCUT2D eigenvalue weighted by Gasteiger charge is -2.35. The predicted octanol–water partition coefficient (Wildman–Crippen LogP) is 2.36. The molecule has 0 spiro atoms. The molecular formula is C12H23NO2. The van der Waals surface area contributed by atoms with Crippen molar-refractivity contribution < 1.29 is 9.90 Å². The zero-order chi connectivity index (χ0) is 11.3. The molecule has 1 N–H and O–H groups in total. The Morgan fingerprint density at radius 3 is 2.73 bits per heavy atom. The summed E-state index contributed by atoms with van der Waals surface area (Å²) in [5, 5.41) is 8.87. The first-order chi connectivity index (χ1) is 7.13. The standard InChI is InChI=1S/C12H23NO2/c1-3-7-13(9-12(14)15)11-6-4-5-10(2)8-11/h10-11H,3-9H2,1-2H3,(H,14,15). The fourth-order valence-corrected chi connectivity index (χ4v) is 2.59. The monoisotopic (exact) mass is 213 g/mol. The van der Waals surface area contributed by atoms with E-state index in [9.17, 15) is 4.79 Å². The molecule has 0 saturated heterocycles. The number of hydrogen-bond acceptors (Lipinski definition) is 2. The molecule has 2 atom stereocenters. The lowest BCUT2D eigenvalue weighted by molar-refractivity contribution is -0.139. The molecular weight excluding hydrogens is 190 g/mol. The highest BCUT2D eigenvalue weighted by atomic mass is 16.4. The number of carbonyl (C=O) groups is 1. The van der Waals surface area contributed by atoms with Crippen molar-refractivity contribution in [1.29, 1.82) is 0 Å². The average molecular weight is 213 g/mol. The molecule has 2 unspecified atom stereocenters. The third kappa shape index (κ3) is 4.20. The van der Waals surface area contributed by atoms with Gasteiger partial charge in [0.25, 0.3) is 0 Å². The number of aliphatic carboxylic acids is 1. The summed E-state index contributed by atoms with van der Waals surface area (Å²) in [5.74, 6) is 0.0681. The van der Waals surface area contributed by atoms with Crippen LogP contribution in [0.1, 0.15) is 46.0 Å². The lowest BCUT2D eigenvalue weighted by atomic mass is 9.86. The van der Waals surface area contributed by atoms with E-state index in [-0.39, 0.29) is 6.54 Å². The number of rotatable bonds is 5. The highest BCUT2D eigenvalue weighted by Gasteiger charge is 2.25. The van der Waals surface area contributed by atoms with Crippen LogP contribution >= 0.6 is 0 Å². The van der Waals surface area contributed by atoms with E-state index in [1.807, 2.05) is 0 Å². The highest BCUT2D eigenvalue weighted by molar-refractivity contribution is 5.69. The van der Waals surface area contributed by atoms with Crippen LogP contribution in [0.3, 0.4) is 0 Å². The zero-order valence-corrected chi connectivity index (χ0v) is 9.91. The van der Waals surface area contributed by atoms with Gasteiger partial charge in [0.15, 0.2) is 0 Å². The van der Waals surface area contributed by atoms with Gasteiger partial charge in [0.1, 0.15) is 0 Å². The SMILES string of the molecule is CCCN(CC(=O)O)C1CCCC(C)C1. The molecule has 0 aliphatic heterocycles. The molecule has 15 heavy (non-hydrogen) atoms. The minimum atomic E-state index is -0.693. The molecule has 0 amide bonds. The van der Waals surface area contributed by atoms with Gasteiger partial charge < -0.3 is 5.11 Å². The summed E-state index contributed by atoms with van der Waals surface area (Å²) in [5.41, 5.74) is 0. The first-order valence-corrected chi connectivity index (χ1v) is 6.09. The number of carboxylic acid groups (broad SMARTS) is 1. The third-order valence-electron chi connectivity index (χ3n) is 3.27. The van der Waals surface area contributed by atoms with Gasteiger partial charge in [-0.25, -0.2) is 0 Å². The summed E-state index contributed by atoms with van der Waals surface area (Å²) in [6.07, 6.45) is 5.96. The van der Waals surface area contributed by atoms with Crippen LogP contribution < -0.4 is 0 Å². The smallest absolute Gasteiger partial charge is 0.317 e. The first-order valence-electron chi connectivity index (χ1n) is 6.09. The Labute approximate surface area is 92.5 Å². The molecule has 1 saturated carbocycles. The fraction of sp³-hybridized carbons (Fsp3) is 0.917. The summed E-state index contributed by atoms with van der Waals surface area (Å²) in [4.78, 5) is 12.9. The summed E-state index contributed by atoms with van der Waals surface area (Å²) in [6, 6.07) is 0.504. The Morgan fingerprint density at radius 2 is 2.20 bits per heavy atom. The molecule has 0 bridgehead atoms. The molecule has 0 aromatic carbocycles. The Bertz CT molecular complexity index is 206. The topological polar surface area (TPSA) is 40.5 Å². The van der Waals surface area contributed by atoms with Crippen molar-refractivity contribution >= 4 is 5.97 Å². The fourth-order valence-electron chi connectivity index (χ4n) is 2.59. The van der Waals surface area contributed by atoms with E-state index in [1.165, 1.54) is 25.7 Å². The maximum atomic E-state index is 10.8. The molecule has 0 aromatic heterocycles. The number of nitrogens with zero attached hydrogens (tertiary/aromatic N) is 1. The van der Waals surface area contributed by atoms with Gasteiger partial charge in [0.05, 0.1) is 6.54 Å².